The molecule has 0 radical (unpaired) electrons. The van der Waals surface area contributed by atoms with E-state index in [1.165, 1.54) is 0 Å². The molecular weight excluding hydrogens is 230 g/mol. The first-order valence-corrected chi connectivity index (χ1v) is 6.23. The van der Waals surface area contributed by atoms with Crippen molar-refractivity contribution in [1.82, 2.24) is 5.32 Å². The maximum Gasteiger partial charge on any atom is 0.319 e. The van der Waals surface area contributed by atoms with Crippen LogP contribution in [0.1, 0.15) is 13.3 Å². The van der Waals surface area contributed by atoms with Gasteiger partial charge in [-0.2, -0.15) is 0 Å². The van der Waals surface area contributed by atoms with Crippen LogP contribution in [0, 0.1) is 0 Å². The number of carbonyl (C=O) groups is 1. The fourth-order valence-corrected chi connectivity index (χ4v) is 1.85. The van der Waals surface area contributed by atoms with E-state index >= 15 is 0 Å². The van der Waals surface area contributed by atoms with E-state index in [-0.39, 0.29) is 6.03 Å². The van der Waals surface area contributed by atoms with Gasteiger partial charge in [-0.1, -0.05) is 6.92 Å². The van der Waals surface area contributed by atoms with Gasteiger partial charge in [0.1, 0.15) is 12.4 Å². The quantitative estimate of drug-likeness (QED) is 0.862. The minimum atomic E-state index is -0.180. The van der Waals surface area contributed by atoms with Gasteiger partial charge < -0.3 is 20.3 Å². The van der Waals surface area contributed by atoms with Crippen LogP contribution in [-0.2, 0) is 0 Å². The van der Waals surface area contributed by atoms with E-state index in [9.17, 15) is 4.79 Å². The Morgan fingerprint density at radius 2 is 2.33 bits per heavy atom. The Hall–Kier alpha value is -1.91. The topological polar surface area (TPSA) is 53.6 Å². The molecule has 2 rings (SSSR count). The first-order valence-electron chi connectivity index (χ1n) is 6.23. The summed E-state index contributed by atoms with van der Waals surface area (Å²) >= 11 is 0. The van der Waals surface area contributed by atoms with Crippen LogP contribution in [0.5, 0.6) is 5.75 Å². The number of hydrogen-bond donors (Lipinski definition) is 2. The Kier molecular flexibility index (Phi) is 3.92. The SMILES string of the molecule is CCCNC(=O)Nc1ccc2c(c1)OCCN2C. The van der Waals surface area contributed by atoms with Crippen molar-refractivity contribution in [3.05, 3.63) is 18.2 Å². The van der Waals surface area contributed by atoms with Crippen LogP contribution in [0.2, 0.25) is 0 Å². The van der Waals surface area contributed by atoms with Crippen molar-refractivity contribution in [3.63, 3.8) is 0 Å². The monoisotopic (exact) mass is 249 g/mol. The zero-order chi connectivity index (χ0) is 13.0. The molecule has 0 saturated heterocycles. The fraction of sp³-hybridized carbons (Fsp3) is 0.462. The maximum atomic E-state index is 11.5. The zero-order valence-electron chi connectivity index (χ0n) is 10.8. The molecule has 5 nitrogen and oxygen atoms in total. The fourth-order valence-electron chi connectivity index (χ4n) is 1.85. The predicted molar refractivity (Wildman–Crippen MR) is 72.5 cm³/mol. The molecule has 1 heterocycles. The van der Waals surface area contributed by atoms with Crippen molar-refractivity contribution >= 4 is 17.4 Å². The summed E-state index contributed by atoms with van der Waals surface area (Å²) in [6.45, 7) is 4.25. The molecule has 0 unspecified atom stereocenters. The van der Waals surface area contributed by atoms with Gasteiger partial charge in [0.05, 0.1) is 12.2 Å². The van der Waals surface area contributed by atoms with Crippen LogP contribution in [0.3, 0.4) is 0 Å². The summed E-state index contributed by atoms with van der Waals surface area (Å²) in [5.74, 6) is 0.817. The Labute approximate surface area is 107 Å². The van der Waals surface area contributed by atoms with Gasteiger partial charge in [0, 0.05) is 25.3 Å². The lowest BCUT2D eigenvalue weighted by Crippen LogP contribution is -2.30. The van der Waals surface area contributed by atoms with Gasteiger partial charge in [-0.05, 0) is 18.6 Å². The lowest BCUT2D eigenvalue weighted by atomic mass is 10.2. The minimum Gasteiger partial charge on any atom is -0.489 e. The smallest absolute Gasteiger partial charge is 0.319 e. The molecular formula is C13H19N3O2. The Morgan fingerprint density at radius 3 is 3.11 bits per heavy atom. The molecule has 5 heteroatoms. The Morgan fingerprint density at radius 1 is 1.50 bits per heavy atom. The number of hydrogen-bond acceptors (Lipinski definition) is 3. The average molecular weight is 249 g/mol. The first kappa shape index (κ1) is 12.5. The Balaban J connectivity index is 2.04. The first-order chi connectivity index (χ1) is 8.70. The summed E-state index contributed by atoms with van der Waals surface area (Å²) in [5.41, 5.74) is 1.80. The summed E-state index contributed by atoms with van der Waals surface area (Å²) in [5, 5.41) is 5.56. The van der Waals surface area contributed by atoms with Gasteiger partial charge in [0.2, 0.25) is 0 Å². The van der Waals surface area contributed by atoms with Gasteiger partial charge in [0.25, 0.3) is 0 Å². The number of anilines is 2. The molecule has 1 aromatic carbocycles. The van der Waals surface area contributed by atoms with Crippen molar-refractivity contribution < 1.29 is 9.53 Å². The molecule has 1 aliphatic heterocycles. The summed E-state index contributed by atoms with van der Waals surface area (Å²) in [4.78, 5) is 13.7. The molecule has 2 amide bonds. The molecule has 1 aliphatic rings. The number of amides is 2. The normalized spacial score (nSPS) is 13.6. The molecule has 0 fully saturated rings. The van der Waals surface area contributed by atoms with Crippen LogP contribution >= 0.6 is 0 Å². The van der Waals surface area contributed by atoms with E-state index in [0.29, 0.717) is 13.2 Å². The van der Waals surface area contributed by atoms with Crippen LogP contribution in [0.25, 0.3) is 0 Å². The molecule has 0 bridgehead atoms. The maximum absolute atomic E-state index is 11.5. The molecule has 1 aromatic rings. The third-order valence-corrected chi connectivity index (χ3v) is 2.85. The summed E-state index contributed by atoms with van der Waals surface area (Å²) in [6.07, 6.45) is 0.922. The molecule has 0 aliphatic carbocycles. The van der Waals surface area contributed by atoms with Crippen molar-refractivity contribution in [2.24, 2.45) is 0 Å². The zero-order valence-corrected chi connectivity index (χ0v) is 10.8. The van der Waals surface area contributed by atoms with Crippen molar-refractivity contribution in [2.75, 3.05) is 37.0 Å². The van der Waals surface area contributed by atoms with Gasteiger partial charge in [-0.15, -0.1) is 0 Å². The molecule has 0 saturated carbocycles. The van der Waals surface area contributed by atoms with Crippen molar-refractivity contribution in [1.29, 1.82) is 0 Å². The Bertz CT molecular complexity index is 434. The number of rotatable bonds is 3. The number of fused-ring (bicyclic) bond motifs is 1. The van der Waals surface area contributed by atoms with Gasteiger partial charge in [-0.3, -0.25) is 0 Å². The number of likely N-dealkylation sites (N-methyl/N-ethyl adjacent to an activating group) is 1. The van der Waals surface area contributed by atoms with Crippen LogP contribution in [0.15, 0.2) is 18.2 Å². The van der Waals surface area contributed by atoms with E-state index in [4.69, 9.17) is 4.74 Å². The van der Waals surface area contributed by atoms with E-state index in [2.05, 4.69) is 15.5 Å². The number of benzene rings is 1. The van der Waals surface area contributed by atoms with Gasteiger partial charge >= 0.3 is 6.03 Å². The molecule has 2 N–H and O–H groups in total. The van der Waals surface area contributed by atoms with E-state index in [1.807, 2.05) is 32.2 Å². The molecule has 0 atom stereocenters. The highest BCUT2D eigenvalue weighted by Crippen LogP contribution is 2.32. The summed E-state index contributed by atoms with van der Waals surface area (Å²) in [7, 11) is 2.03. The minimum absolute atomic E-state index is 0.180. The number of ether oxygens (including phenoxy) is 1. The summed E-state index contributed by atoms with van der Waals surface area (Å²) in [6, 6.07) is 5.52. The third kappa shape index (κ3) is 2.85. The van der Waals surface area contributed by atoms with Crippen LogP contribution in [0.4, 0.5) is 16.2 Å². The highest BCUT2D eigenvalue weighted by molar-refractivity contribution is 5.90. The summed E-state index contributed by atoms with van der Waals surface area (Å²) < 4.78 is 5.58. The van der Waals surface area contributed by atoms with Gasteiger partial charge in [0.15, 0.2) is 0 Å². The second-order valence-electron chi connectivity index (χ2n) is 4.33. The highest BCUT2D eigenvalue weighted by atomic mass is 16.5. The largest absolute Gasteiger partial charge is 0.489 e. The van der Waals surface area contributed by atoms with Gasteiger partial charge in [-0.25, -0.2) is 4.79 Å². The van der Waals surface area contributed by atoms with Crippen molar-refractivity contribution in [3.8, 4) is 5.75 Å². The average Bonchev–Trinajstić information content (AvgIpc) is 2.36. The lowest BCUT2D eigenvalue weighted by Gasteiger charge is -2.27. The standard InChI is InChI=1S/C13H19N3O2/c1-3-6-14-13(17)15-10-4-5-11-12(9-10)18-8-7-16(11)2/h4-5,9H,3,6-8H2,1-2H3,(H2,14,15,17). The third-order valence-electron chi connectivity index (χ3n) is 2.85. The van der Waals surface area contributed by atoms with Crippen molar-refractivity contribution in [2.45, 2.75) is 13.3 Å². The van der Waals surface area contributed by atoms with E-state index in [1.54, 1.807) is 0 Å². The second kappa shape index (κ2) is 5.62. The molecule has 98 valence electrons. The second-order valence-corrected chi connectivity index (χ2v) is 4.33. The lowest BCUT2D eigenvalue weighted by molar-refractivity contribution is 0.252. The molecule has 18 heavy (non-hydrogen) atoms. The van der Waals surface area contributed by atoms with Crippen LogP contribution < -0.4 is 20.3 Å². The molecule has 0 spiro atoms. The van der Waals surface area contributed by atoms with E-state index < -0.39 is 0 Å². The number of urea groups is 1. The molecule has 0 aromatic heterocycles. The number of nitrogens with zero attached hydrogens (tertiary/aromatic N) is 1. The number of nitrogens with one attached hydrogen (secondary N) is 2. The highest BCUT2D eigenvalue weighted by Gasteiger charge is 2.15. The van der Waals surface area contributed by atoms with Crippen LogP contribution in [-0.4, -0.2) is 32.8 Å². The van der Waals surface area contributed by atoms with E-state index in [0.717, 1.165) is 30.1 Å². The number of carbonyl (C=O) groups excluding carboxylic acids is 1. The predicted octanol–water partition coefficient (Wildman–Crippen LogP) is 2.05.